The Balaban J connectivity index is 1.29. The number of hydrogen-bond acceptors (Lipinski definition) is 1. The van der Waals surface area contributed by atoms with E-state index in [9.17, 15) is 0 Å². The molecule has 1 nitrogen and oxygen atoms in total. The number of benzene rings is 8. The Hall–Kier alpha value is -4.75. The summed E-state index contributed by atoms with van der Waals surface area (Å²) in [4.78, 5) is 5.11. The van der Waals surface area contributed by atoms with E-state index in [0.29, 0.717) is 0 Å². The first-order valence-corrected chi connectivity index (χ1v) is 12.8. The van der Waals surface area contributed by atoms with Crippen LogP contribution in [0, 0.1) is 0 Å². The van der Waals surface area contributed by atoms with Crippen LogP contribution in [0.5, 0.6) is 0 Å². The lowest BCUT2D eigenvalue weighted by atomic mass is 9.91. The summed E-state index contributed by atoms with van der Waals surface area (Å²) in [6.45, 7) is 2.13. The van der Waals surface area contributed by atoms with Crippen LogP contribution in [-0.4, -0.2) is 5.71 Å². The molecule has 0 saturated carbocycles. The molecule has 0 atom stereocenters. The van der Waals surface area contributed by atoms with Crippen molar-refractivity contribution >= 4 is 76.0 Å². The SMILES string of the molecule is CC(=Nc1ccc2c(ccc3c4ccccc4ccc23)c1)c1ccc2ccc3cccc4ccc1c2c34. The second kappa shape index (κ2) is 7.62. The Morgan fingerprint density at radius 1 is 0.432 bits per heavy atom. The van der Waals surface area contributed by atoms with E-state index in [1.165, 1.54) is 70.2 Å². The maximum atomic E-state index is 5.11. The van der Waals surface area contributed by atoms with Crippen molar-refractivity contribution in [3.8, 4) is 0 Å². The average molecular weight is 470 g/mol. The van der Waals surface area contributed by atoms with Crippen LogP contribution in [0.4, 0.5) is 5.69 Å². The monoisotopic (exact) mass is 469 g/mol. The van der Waals surface area contributed by atoms with Gasteiger partial charge in [0.2, 0.25) is 0 Å². The van der Waals surface area contributed by atoms with Gasteiger partial charge in [-0.3, -0.25) is 4.99 Å². The smallest absolute Gasteiger partial charge is 0.0639 e. The fourth-order valence-electron chi connectivity index (χ4n) is 6.19. The molecule has 0 N–H and O–H groups in total. The molecule has 0 aliphatic heterocycles. The highest BCUT2D eigenvalue weighted by Crippen LogP contribution is 2.37. The topological polar surface area (TPSA) is 12.4 Å². The van der Waals surface area contributed by atoms with E-state index >= 15 is 0 Å². The summed E-state index contributed by atoms with van der Waals surface area (Å²) in [6.07, 6.45) is 0. The molecule has 0 amide bonds. The van der Waals surface area contributed by atoms with Crippen LogP contribution in [0.2, 0.25) is 0 Å². The fraction of sp³-hybridized carbons (Fsp3) is 0.0278. The maximum absolute atomic E-state index is 5.11. The highest BCUT2D eigenvalue weighted by molar-refractivity contribution is 6.27. The summed E-state index contributed by atoms with van der Waals surface area (Å²) in [5.74, 6) is 0. The third-order valence-corrected chi connectivity index (χ3v) is 7.94. The molecule has 0 aliphatic rings. The predicted octanol–water partition coefficient (Wildman–Crippen LogP) is 10.2. The van der Waals surface area contributed by atoms with Crippen molar-refractivity contribution < 1.29 is 0 Å². The minimum atomic E-state index is 0.982. The van der Waals surface area contributed by atoms with Gasteiger partial charge in [-0.05, 0) is 83.7 Å². The van der Waals surface area contributed by atoms with Crippen molar-refractivity contribution in [3.63, 3.8) is 0 Å². The van der Waals surface area contributed by atoms with Crippen LogP contribution in [0.15, 0.2) is 126 Å². The number of aliphatic imine (C=N–C) groups is 1. The van der Waals surface area contributed by atoms with Gasteiger partial charge in [0, 0.05) is 11.3 Å². The molecule has 8 rings (SSSR count). The maximum Gasteiger partial charge on any atom is 0.0639 e. The van der Waals surface area contributed by atoms with Crippen molar-refractivity contribution in [2.45, 2.75) is 6.92 Å². The molecule has 8 aromatic rings. The lowest BCUT2D eigenvalue weighted by Gasteiger charge is -2.14. The van der Waals surface area contributed by atoms with Gasteiger partial charge in [0.15, 0.2) is 0 Å². The van der Waals surface area contributed by atoms with Gasteiger partial charge >= 0.3 is 0 Å². The summed E-state index contributed by atoms with van der Waals surface area (Å²) in [5.41, 5.74) is 3.20. The Bertz CT molecular complexity index is 2180. The second-order valence-corrected chi connectivity index (χ2v) is 10.0. The Morgan fingerprint density at radius 3 is 1.84 bits per heavy atom. The molecule has 37 heavy (non-hydrogen) atoms. The summed E-state index contributed by atoms with van der Waals surface area (Å²) >= 11 is 0. The summed E-state index contributed by atoms with van der Waals surface area (Å²) in [7, 11) is 0. The molecular weight excluding hydrogens is 446 g/mol. The normalized spacial score (nSPS) is 12.6. The van der Waals surface area contributed by atoms with Crippen LogP contribution >= 0.6 is 0 Å². The Morgan fingerprint density at radius 2 is 1.00 bits per heavy atom. The van der Waals surface area contributed by atoms with Crippen molar-refractivity contribution in [2.75, 3.05) is 0 Å². The molecule has 8 aromatic carbocycles. The zero-order valence-corrected chi connectivity index (χ0v) is 20.5. The minimum Gasteiger partial charge on any atom is -0.253 e. The standard InChI is InChI=1S/C36H23N/c1-22(29-16-12-26-10-9-24-6-4-7-25-13-19-34(29)36(26)35(24)25)37-28-15-20-31-27(21-28)14-18-32-30-8-3-2-5-23(30)11-17-33(31)32/h2-21H,1H3. The molecule has 0 saturated heterocycles. The molecular formula is C36H23N. The molecule has 0 aromatic heterocycles. The van der Waals surface area contributed by atoms with E-state index in [2.05, 4.69) is 128 Å². The van der Waals surface area contributed by atoms with E-state index in [1.54, 1.807) is 0 Å². The zero-order chi connectivity index (χ0) is 24.5. The van der Waals surface area contributed by atoms with Gasteiger partial charge < -0.3 is 0 Å². The molecule has 172 valence electrons. The lowest BCUT2D eigenvalue weighted by Crippen LogP contribution is -1.97. The van der Waals surface area contributed by atoms with E-state index in [4.69, 9.17) is 4.99 Å². The Labute approximate surface area is 214 Å². The molecule has 0 bridgehead atoms. The lowest BCUT2D eigenvalue weighted by molar-refractivity contribution is 1.51. The molecule has 0 unspecified atom stereocenters. The Kier molecular flexibility index (Phi) is 4.21. The average Bonchev–Trinajstić information content (AvgIpc) is 2.95. The highest BCUT2D eigenvalue weighted by atomic mass is 14.7. The molecule has 0 spiro atoms. The zero-order valence-electron chi connectivity index (χ0n) is 20.5. The van der Waals surface area contributed by atoms with Gasteiger partial charge in [0.05, 0.1) is 5.69 Å². The quantitative estimate of drug-likeness (QED) is 0.176. The van der Waals surface area contributed by atoms with Crippen LogP contribution < -0.4 is 0 Å². The first-order chi connectivity index (χ1) is 18.2. The van der Waals surface area contributed by atoms with Crippen LogP contribution in [0.1, 0.15) is 12.5 Å². The first-order valence-electron chi connectivity index (χ1n) is 12.8. The van der Waals surface area contributed by atoms with E-state index in [0.717, 1.165) is 11.4 Å². The number of nitrogens with zero attached hydrogens (tertiary/aromatic N) is 1. The van der Waals surface area contributed by atoms with Gasteiger partial charge in [-0.25, -0.2) is 0 Å². The minimum absolute atomic E-state index is 0.982. The largest absolute Gasteiger partial charge is 0.253 e. The van der Waals surface area contributed by atoms with Crippen molar-refractivity contribution in [3.05, 3.63) is 127 Å². The summed E-state index contributed by atoms with van der Waals surface area (Å²) in [5, 5.41) is 15.4. The van der Waals surface area contributed by atoms with Gasteiger partial charge in [0.25, 0.3) is 0 Å². The van der Waals surface area contributed by atoms with Crippen molar-refractivity contribution in [1.29, 1.82) is 0 Å². The van der Waals surface area contributed by atoms with E-state index in [-0.39, 0.29) is 0 Å². The van der Waals surface area contributed by atoms with E-state index in [1.807, 2.05) is 0 Å². The van der Waals surface area contributed by atoms with Gasteiger partial charge in [-0.2, -0.15) is 0 Å². The second-order valence-electron chi connectivity index (χ2n) is 10.0. The summed E-state index contributed by atoms with van der Waals surface area (Å²) < 4.78 is 0. The van der Waals surface area contributed by atoms with Crippen molar-refractivity contribution in [2.24, 2.45) is 4.99 Å². The van der Waals surface area contributed by atoms with Gasteiger partial charge in [0.1, 0.15) is 0 Å². The van der Waals surface area contributed by atoms with Crippen LogP contribution in [0.3, 0.4) is 0 Å². The molecule has 1 heteroatoms. The number of rotatable bonds is 2. The molecule has 0 heterocycles. The van der Waals surface area contributed by atoms with Crippen LogP contribution in [-0.2, 0) is 0 Å². The molecule has 0 aliphatic carbocycles. The van der Waals surface area contributed by atoms with Gasteiger partial charge in [-0.15, -0.1) is 0 Å². The summed E-state index contributed by atoms with van der Waals surface area (Å²) in [6, 6.07) is 44.1. The number of hydrogen-bond donors (Lipinski definition) is 0. The third kappa shape index (κ3) is 3.01. The predicted molar refractivity (Wildman–Crippen MR) is 161 cm³/mol. The third-order valence-electron chi connectivity index (χ3n) is 7.94. The van der Waals surface area contributed by atoms with E-state index < -0.39 is 0 Å². The molecule has 0 fully saturated rings. The highest BCUT2D eigenvalue weighted by Gasteiger charge is 2.12. The van der Waals surface area contributed by atoms with Crippen molar-refractivity contribution in [1.82, 2.24) is 0 Å². The number of fused-ring (bicyclic) bond motifs is 5. The molecule has 0 radical (unpaired) electrons. The fourth-order valence-corrected chi connectivity index (χ4v) is 6.19. The van der Waals surface area contributed by atoms with Crippen LogP contribution in [0.25, 0.3) is 64.6 Å². The van der Waals surface area contributed by atoms with Gasteiger partial charge in [-0.1, -0.05) is 109 Å². The first kappa shape index (κ1) is 20.4.